The lowest BCUT2D eigenvalue weighted by atomic mass is 9.98. The number of nitrogens with one attached hydrogen (secondary N) is 1. The predicted molar refractivity (Wildman–Crippen MR) is 116 cm³/mol. The summed E-state index contributed by atoms with van der Waals surface area (Å²) in [5.74, 6) is -1.99. The van der Waals surface area contributed by atoms with E-state index < -0.39 is 11.9 Å². The van der Waals surface area contributed by atoms with Crippen LogP contribution in [-0.2, 0) is 11.2 Å². The van der Waals surface area contributed by atoms with Gasteiger partial charge < -0.3 is 15.2 Å². The molecule has 0 atom stereocenters. The summed E-state index contributed by atoms with van der Waals surface area (Å²) in [4.78, 5) is 33.5. The van der Waals surface area contributed by atoms with Crippen molar-refractivity contribution in [2.24, 2.45) is 0 Å². The largest absolute Gasteiger partial charge is 0.505 e. The van der Waals surface area contributed by atoms with E-state index in [1.165, 1.54) is 43.9 Å². The third kappa shape index (κ3) is 4.24. The van der Waals surface area contributed by atoms with Crippen molar-refractivity contribution in [1.82, 2.24) is 9.97 Å². The van der Waals surface area contributed by atoms with Gasteiger partial charge in [-0.25, -0.2) is 9.18 Å². The van der Waals surface area contributed by atoms with Crippen molar-refractivity contribution in [3.05, 3.63) is 95.2 Å². The smallest absolute Gasteiger partial charge is 0.341 e. The van der Waals surface area contributed by atoms with Crippen LogP contribution in [0.4, 0.5) is 10.1 Å². The SMILES string of the molecule is COC(=O)c1cc(C(=O)Nc2ccncc2)c2cc(Cc3ccc(F)cc3)cnc2c1O. The summed E-state index contributed by atoms with van der Waals surface area (Å²) < 4.78 is 17.9. The quantitative estimate of drug-likeness (QED) is 0.461. The molecule has 1 amide bonds. The number of methoxy groups -OCH3 is 1. The monoisotopic (exact) mass is 431 g/mol. The molecule has 0 aliphatic carbocycles. The van der Waals surface area contributed by atoms with Crippen molar-refractivity contribution in [2.75, 3.05) is 12.4 Å². The number of nitrogens with zero attached hydrogens (tertiary/aromatic N) is 2. The van der Waals surface area contributed by atoms with Crippen LogP contribution < -0.4 is 5.32 Å². The zero-order chi connectivity index (χ0) is 22.7. The highest BCUT2D eigenvalue weighted by atomic mass is 19.1. The number of carbonyl (C=O) groups is 2. The van der Waals surface area contributed by atoms with Crippen molar-refractivity contribution < 1.29 is 23.8 Å². The van der Waals surface area contributed by atoms with Gasteiger partial charge in [-0.3, -0.25) is 14.8 Å². The second-order valence-electron chi connectivity index (χ2n) is 7.04. The van der Waals surface area contributed by atoms with Gasteiger partial charge in [0.25, 0.3) is 5.91 Å². The number of carbonyl (C=O) groups excluding carboxylic acids is 2. The Kier molecular flexibility index (Phi) is 5.76. The number of amides is 1. The fraction of sp³-hybridized carbons (Fsp3) is 0.0833. The molecule has 0 aliphatic heterocycles. The Morgan fingerprint density at radius 1 is 1.03 bits per heavy atom. The van der Waals surface area contributed by atoms with Crippen LogP contribution in [0.2, 0.25) is 0 Å². The third-order valence-corrected chi connectivity index (χ3v) is 4.91. The van der Waals surface area contributed by atoms with Crippen molar-refractivity contribution in [2.45, 2.75) is 6.42 Å². The van der Waals surface area contributed by atoms with Crippen molar-refractivity contribution in [1.29, 1.82) is 0 Å². The van der Waals surface area contributed by atoms with Crippen LogP contribution in [0.3, 0.4) is 0 Å². The van der Waals surface area contributed by atoms with E-state index in [4.69, 9.17) is 4.74 Å². The number of aromatic nitrogens is 2. The molecule has 4 aromatic rings. The molecule has 0 saturated carbocycles. The number of ether oxygens (including phenoxy) is 1. The Hall–Kier alpha value is -4.33. The van der Waals surface area contributed by atoms with Crippen LogP contribution in [0.5, 0.6) is 5.75 Å². The van der Waals surface area contributed by atoms with Gasteiger partial charge in [0.1, 0.15) is 16.9 Å². The van der Waals surface area contributed by atoms with Crippen LogP contribution in [-0.4, -0.2) is 34.1 Å². The topological polar surface area (TPSA) is 101 Å². The Bertz CT molecular complexity index is 1310. The summed E-state index contributed by atoms with van der Waals surface area (Å²) in [5, 5.41) is 13.7. The molecule has 0 saturated heterocycles. The maximum Gasteiger partial charge on any atom is 0.341 e. The minimum Gasteiger partial charge on any atom is -0.505 e. The average molecular weight is 431 g/mol. The van der Waals surface area contributed by atoms with Gasteiger partial charge in [0.15, 0.2) is 5.75 Å². The maximum atomic E-state index is 13.2. The number of phenols is 1. The fourth-order valence-electron chi connectivity index (χ4n) is 3.34. The third-order valence-electron chi connectivity index (χ3n) is 4.91. The van der Waals surface area contributed by atoms with Crippen LogP contribution in [0.15, 0.2) is 67.1 Å². The Morgan fingerprint density at radius 2 is 1.75 bits per heavy atom. The van der Waals surface area contributed by atoms with Crippen LogP contribution in [0, 0.1) is 5.82 Å². The molecule has 2 heterocycles. The Morgan fingerprint density at radius 3 is 2.44 bits per heavy atom. The lowest BCUT2D eigenvalue weighted by molar-refractivity contribution is 0.0597. The fourth-order valence-corrected chi connectivity index (χ4v) is 3.34. The number of aromatic hydroxyl groups is 1. The molecule has 2 N–H and O–H groups in total. The number of hydrogen-bond donors (Lipinski definition) is 2. The van der Waals surface area contributed by atoms with Gasteiger partial charge in [0.05, 0.1) is 12.7 Å². The van der Waals surface area contributed by atoms with E-state index in [0.717, 1.165) is 11.1 Å². The predicted octanol–water partition coefficient (Wildman–Crippen LogP) is 4.10. The van der Waals surface area contributed by atoms with Crippen LogP contribution in [0.1, 0.15) is 31.8 Å². The summed E-state index contributed by atoms with van der Waals surface area (Å²) in [7, 11) is 1.18. The molecular weight excluding hydrogens is 413 g/mol. The highest BCUT2D eigenvalue weighted by Crippen LogP contribution is 2.32. The number of fused-ring (bicyclic) bond motifs is 1. The molecule has 32 heavy (non-hydrogen) atoms. The lowest BCUT2D eigenvalue weighted by Crippen LogP contribution is -2.14. The Labute approximate surface area is 182 Å². The minimum absolute atomic E-state index is 0.0932. The van der Waals surface area contributed by atoms with Gasteiger partial charge in [-0.15, -0.1) is 0 Å². The van der Waals surface area contributed by atoms with Gasteiger partial charge in [0.2, 0.25) is 0 Å². The number of pyridine rings is 2. The van der Waals surface area contributed by atoms with Gasteiger partial charge in [0, 0.05) is 29.7 Å². The van der Waals surface area contributed by atoms with E-state index in [2.05, 4.69) is 15.3 Å². The maximum absolute atomic E-state index is 13.2. The number of esters is 1. The van der Waals surface area contributed by atoms with E-state index in [1.54, 1.807) is 30.3 Å². The van der Waals surface area contributed by atoms with E-state index in [-0.39, 0.29) is 28.2 Å². The molecule has 160 valence electrons. The molecular formula is C24H18FN3O4. The second-order valence-corrected chi connectivity index (χ2v) is 7.04. The molecule has 0 spiro atoms. The van der Waals surface area contributed by atoms with Crippen molar-refractivity contribution in [3.8, 4) is 5.75 Å². The molecule has 0 aliphatic rings. The number of hydrogen-bond acceptors (Lipinski definition) is 6. The average Bonchev–Trinajstić information content (AvgIpc) is 2.81. The molecule has 7 nitrogen and oxygen atoms in total. The summed E-state index contributed by atoms with van der Waals surface area (Å²) in [6, 6.07) is 12.3. The minimum atomic E-state index is -0.792. The van der Waals surface area contributed by atoms with E-state index in [1.807, 2.05) is 0 Å². The zero-order valence-corrected chi connectivity index (χ0v) is 17.0. The van der Waals surface area contributed by atoms with Gasteiger partial charge in [-0.2, -0.15) is 0 Å². The van der Waals surface area contributed by atoms with Gasteiger partial charge in [-0.05, 0) is 53.9 Å². The molecule has 0 bridgehead atoms. The molecule has 0 fully saturated rings. The molecule has 4 rings (SSSR count). The number of anilines is 1. The van der Waals surface area contributed by atoms with E-state index in [9.17, 15) is 19.1 Å². The number of halogens is 1. The zero-order valence-electron chi connectivity index (χ0n) is 17.0. The first-order valence-corrected chi connectivity index (χ1v) is 9.65. The number of benzene rings is 2. The summed E-state index contributed by atoms with van der Waals surface area (Å²) in [5.41, 5.74) is 2.18. The highest BCUT2D eigenvalue weighted by Gasteiger charge is 2.22. The second kappa shape index (κ2) is 8.81. The van der Waals surface area contributed by atoms with E-state index >= 15 is 0 Å². The van der Waals surface area contributed by atoms with Crippen LogP contribution in [0.25, 0.3) is 10.9 Å². The normalized spacial score (nSPS) is 10.7. The molecule has 8 heteroatoms. The standard InChI is InChI=1S/C24H18FN3O4/c1-32-24(31)20-12-19(23(30)28-17-6-8-26-9-7-17)18-11-15(13-27-21(18)22(20)29)10-14-2-4-16(25)5-3-14/h2-9,11-13,29H,10H2,1H3,(H,26,28,30). The van der Waals surface area contributed by atoms with Crippen LogP contribution >= 0.6 is 0 Å². The number of rotatable bonds is 5. The molecule has 2 aromatic carbocycles. The van der Waals surface area contributed by atoms with Crippen molar-refractivity contribution in [3.63, 3.8) is 0 Å². The van der Waals surface area contributed by atoms with Gasteiger partial charge in [-0.1, -0.05) is 12.1 Å². The van der Waals surface area contributed by atoms with Gasteiger partial charge >= 0.3 is 5.97 Å². The lowest BCUT2D eigenvalue weighted by Gasteiger charge is -2.13. The summed E-state index contributed by atoms with van der Waals surface area (Å²) in [6.45, 7) is 0. The van der Waals surface area contributed by atoms with Crippen molar-refractivity contribution >= 4 is 28.5 Å². The highest BCUT2D eigenvalue weighted by molar-refractivity contribution is 6.15. The first-order valence-electron chi connectivity index (χ1n) is 9.65. The first-order chi connectivity index (χ1) is 15.5. The molecule has 2 aromatic heterocycles. The van der Waals surface area contributed by atoms with E-state index in [0.29, 0.717) is 17.5 Å². The Balaban J connectivity index is 1.81. The number of phenolic OH excluding ortho intramolecular Hbond substituents is 1. The summed E-state index contributed by atoms with van der Waals surface area (Å²) >= 11 is 0. The molecule has 0 radical (unpaired) electrons. The first kappa shape index (κ1) is 20.9. The molecule has 0 unspecified atom stereocenters. The summed E-state index contributed by atoms with van der Waals surface area (Å²) in [6.07, 6.45) is 5.05.